The van der Waals surface area contributed by atoms with Crippen molar-refractivity contribution in [3.63, 3.8) is 0 Å². The third-order valence-corrected chi connectivity index (χ3v) is 4.59. The highest BCUT2D eigenvalue weighted by Gasteiger charge is 2.23. The van der Waals surface area contributed by atoms with Gasteiger partial charge in [0, 0.05) is 42.3 Å². The Kier molecular flexibility index (Phi) is 5.04. The Morgan fingerprint density at radius 3 is 2.27 bits per heavy atom. The number of aryl methyl sites for hydroxylation is 1. The minimum atomic E-state index is -0.858. The summed E-state index contributed by atoms with van der Waals surface area (Å²) in [5.41, 5.74) is 9.64. The first-order valence-corrected chi connectivity index (χ1v) is 9.11. The Hall–Kier alpha value is -4.33. The van der Waals surface area contributed by atoms with Crippen molar-refractivity contribution in [1.29, 1.82) is 0 Å². The number of imide groups is 1. The monoisotopic (exact) mass is 398 g/mol. The highest BCUT2D eigenvalue weighted by molar-refractivity contribution is 6.20. The van der Waals surface area contributed by atoms with Crippen LogP contribution in [-0.2, 0) is 7.05 Å². The van der Waals surface area contributed by atoms with Crippen LogP contribution in [0.1, 0.15) is 10.4 Å². The van der Waals surface area contributed by atoms with E-state index in [9.17, 15) is 9.59 Å². The predicted molar refractivity (Wildman–Crippen MR) is 113 cm³/mol. The highest BCUT2D eigenvalue weighted by atomic mass is 16.2. The maximum absolute atomic E-state index is 13.1. The van der Waals surface area contributed by atoms with Gasteiger partial charge in [-0.2, -0.15) is 5.10 Å². The highest BCUT2D eigenvalue weighted by Crippen LogP contribution is 2.26. The summed E-state index contributed by atoms with van der Waals surface area (Å²) in [6.45, 7) is 0. The smallest absolute Gasteiger partial charge is 0.326 e. The number of hydrogen-bond acceptors (Lipinski definition) is 5. The summed E-state index contributed by atoms with van der Waals surface area (Å²) in [6.07, 6.45) is 8.38. The van der Waals surface area contributed by atoms with E-state index in [-0.39, 0.29) is 0 Å². The lowest BCUT2D eigenvalue weighted by atomic mass is 10.1. The minimum absolute atomic E-state index is 0.334. The van der Waals surface area contributed by atoms with Gasteiger partial charge in [-0.1, -0.05) is 24.3 Å². The van der Waals surface area contributed by atoms with E-state index in [0.29, 0.717) is 11.3 Å². The Bertz CT molecular complexity index is 1200. The Labute approximate surface area is 172 Å². The lowest BCUT2D eigenvalue weighted by molar-refractivity contribution is 0.0995. The molecule has 4 aromatic rings. The van der Waals surface area contributed by atoms with E-state index in [0.717, 1.165) is 27.2 Å². The number of nitrogens with two attached hydrogens (primary N) is 1. The molecule has 0 aliphatic heterocycles. The van der Waals surface area contributed by atoms with Gasteiger partial charge in [0.05, 0.1) is 11.9 Å². The number of carbonyl (C=O) groups is 2. The molecule has 0 bridgehead atoms. The number of hydrogen-bond donors (Lipinski definition) is 1. The molecule has 0 atom stereocenters. The average Bonchev–Trinajstić information content (AvgIpc) is 3.21. The van der Waals surface area contributed by atoms with Gasteiger partial charge in [-0.3, -0.25) is 9.48 Å². The first-order chi connectivity index (χ1) is 14.5. The second-order valence-electron chi connectivity index (χ2n) is 6.64. The van der Waals surface area contributed by atoms with Crippen molar-refractivity contribution in [2.24, 2.45) is 12.8 Å². The van der Waals surface area contributed by atoms with Gasteiger partial charge in [0.1, 0.15) is 6.33 Å². The largest absolute Gasteiger partial charge is 0.351 e. The molecule has 0 radical (unpaired) electrons. The number of rotatable bonds is 4. The summed E-state index contributed by atoms with van der Waals surface area (Å²) in [5.74, 6) is -0.512. The van der Waals surface area contributed by atoms with Crippen molar-refractivity contribution in [2.75, 3.05) is 4.90 Å². The number of carbonyl (C=O) groups excluding carboxylic acids is 2. The normalized spacial score (nSPS) is 10.6. The molecule has 2 aromatic carbocycles. The fraction of sp³-hybridized carbons (Fsp3) is 0.0455. The molecule has 4 rings (SSSR count). The zero-order valence-corrected chi connectivity index (χ0v) is 16.1. The van der Waals surface area contributed by atoms with Crippen LogP contribution in [0.3, 0.4) is 0 Å². The molecular weight excluding hydrogens is 380 g/mol. The quantitative estimate of drug-likeness (QED) is 0.568. The lowest BCUT2D eigenvalue weighted by Gasteiger charge is -2.19. The van der Waals surface area contributed by atoms with Crippen LogP contribution in [0.5, 0.6) is 0 Å². The van der Waals surface area contributed by atoms with Crippen LogP contribution in [0.15, 0.2) is 79.6 Å². The fourth-order valence-corrected chi connectivity index (χ4v) is 3.12. The number of nitrogens with zero attached hydrogens (tertiary/aromatic N) is 5. The third kappa shape index (κ3) is 3.79. The van der Waals surface area contributed by atoms with E-state index in [4.69, 9.17) is 5.73 Å². The SMILES string of the molecule is Cn1cc(-c2cccc(N(C(N)=O)C(=O)c3ccc(-c4cncnc4)cc3)c2)cn1. The molecule has 0 spiro atoms. The van der Waals surface area contributed by atoms with Crippen molar-refractivity contribution < 1.29 is 9.59 Å². The molecule has 2 heterocycles. The molecule has 0 saturated heterocycles. The van der Waals surface area contributed by atoms with Gasteiger partial charge in [-0.15, -0.1) is 0 Å². The van der Waals surface area contributed by atoms with Crippen LogP contribution in [0.4, 0.5) is 10.5 Å². The summed E-state index contributed by atoms with van der Waals surface area (Å²) >= 11 is 0. The van der Waals surface area contributed by atoms with Gasteiger partial charge in [0.15, 0.2) is 0 Å². The van der Waals surface area contributed by atoms with Crippen LogP contribution in [0.2, 0.25) is 0 Å². The van der Waals surface area contributed by atoms with Crippen LogP contribution >= 0.6 is 0 Å². The summed E-state index contributed by atoms with van der Waals surface area (Å²) < 4.78 is 1.68. The number of urea groups is 1. The summed E-state index contributed by atoms with van der Waals surface area (Å²) in [4.78, 5) is 34.2. The number of benzene rings is 2. The second-order valence-corrected chi connectivity index (χ2v) is 6.64. The molecule has 3 amide bonds. The first-order valence-electron chi connectivity index (χ1n) is 9.11. The standard InChI is InChI=1S/C22H18N6O2/c1-27-13-19(12-26-27)17-3-2-4-20(9-17)28(22(23)30)21(29)16-7-5-15(6-8-16)18-10-24-14-25-11-18/h2-14H,1H3,(H2,23,30). The molecular formula is C22H18N6O2. The summed E-state index contributed by atoms with van der Waals surface area (Å²) in [5, 5.41) is 4.15. The summed E-state index contributed by atoms with van der Waals surface area (Å²) in [6, 6.07) is 13.0. The molecule has 0 unspecified atom stereocenters. The van der Waals surface area contributed by atoms with Crippen LogP contribution < -0.4 is 10.6 Å². The van der Waals surface area contributed by atoms with Crippen LogP contribution in [0, 0.1) is 0 Å². The topological polar surface area (TPSA) is 107 Å². The average molecular weight is 398 g/mol. The lowest BCUT2D eigenvalue weighted by Crippen LogP contribution is -2.40. The van der Waals surface area contributed by atoms with E-state index in [1.165, 1.54) is 6.33 Å². The first kappa shape index (κ1) is 19.0. The zero-order valence-electron chi connectivity index (χ0n) is 16.1. The van der Waals surface area contributed by atoms with Crippen molar-refractivity contribution in [2.45, 2.75) is 0 Å². The van der Waals surface area contributed by atoms with Crippen LogP contribution in [0.25, 0.3) is 22.3 Å². The van der Waals surface area contributed by atoms with E-state index in [2.05, 4.69) is 15.1 Å². The molecule has 30 heavy (non-hydrogen) atoms. The molecule has 148 valence electrons. The van der Waals surface area contributed by atoms with Crippen molar-refractivity contribution in [1.82, 2.24) is 19.7 Å². The molecule has 2 N–H and O–H groups in total. The molecule has 2 aromatic heterocycles. The maximum Gasteiger partial charge on any atom is 0.326 e. The van der Waals surface area contributed by atoms with Gasteiger partial charge < -0.3 is 5.73 Å². The fourth-order valence-electron chi connectivity index (χ4n) is 3.12. The van der Waals surface area contributed by atoms with E-state index in [1.807, 2.05) is 19.3 Å². The van der Waals surface area contributed by atoms with E-state index < -0.39 is 11.9 Å². The molecule has 0 fully saturated rings. The molecule has 0 aliphatic rings. The van der Waals surface area contributed by atoms with Gasteiger partial charge in [0.2, 0.25) is 0 Å². The van der Waals surface area contributed by atoms with Crippen molar-refractivity contribution in [3.05, 3.63) is 85.2 Å². The van der Waals surface area contributed by atoms with Crippen LogP contribution in [-0.4, -0.2) is 31.7 Å². The Morgan fingerprint density at radius 2 is 1.63 bits per heavy atom. The zero-order chi connectivity index (χ0) is 21.1. The third-order valence-electron chi connectivity index (χ3n) is 4.59. The number of primary amides is 1. The van der Waals surface area contributed by atoms with E-state index in [1.54, 1.807) is 65.7 Å². The molecule has 8 heteroatoms. The number of amides is 3. The molecule has 0 aliphatic carbocycles. The number of aromatic nitrogens is 4. The number of anilines is 1. The molecule has 8 nitrogen and oxygen atoms in total. The Morgan fingerprint density at radius 1 is 0.900 bits per heavy atom. The van der Waals surface area contributed by atoms with Crippen molar-refractivity contribution >= 4 is 17.6 Å². The molecule has 0 saturated carbocycles. The van der Waals surface area contributed by atoms with Crippen molar-refractivity contribution in [3.8, 4) is 22.3 Å². The van der Waals surface area contributed by atoms with Gasteiger partial charge >= 0.3 is 6.03 Å². The van der Waals surface area contributed by atoms with Gasteiger partial charge in [-0.05, 0) is 35.4 Å². The van der Waals surface area contributed by atoms with Gasteiger partial charge in [0.25, 0.3) is 5.91 Å². The summed E-state index contributed by atoms with van der Waals surface area (Å²) in [7, 11) is 1.82. The predicted octanol–water partition coefficient (Wildman–Crippen LogP) is 3.27. The Balaban J connectivity index is 1.65. The van der Waals surface area contributed by atoms with E-state index >= 15 is 0 Å². The minimum Gasteiger partial charge on any atom is -0.351 e. The maximum atomic E-state index is 13.1. The second kappa shape index (κ2) is 7.96. The van der Waals surface area contributed by atoms with Gasteiger partial charge in [-0.25, -0.2) is 19.7 Å².